The molecule has 1 heterocycles. The van der Waals surface area contributed by atoms with Crippen molar-refractivity contribution in [3.05, 3.63) is 84.5 Å². The highest BCUT2D eigenvalue weighted by molar-refractivity contribution is 6.03. The largest absolute Gasteiger partial charge is 0.507 e. The fraction of sp³-hybridized carbons (Fsp3) is 0.472. The lowest BCUT2D eigenvalue weighted by molar-refractivity contribution is -0.135. The van der Waals surface area contributed by atoms with Crippen molar-refractivity contribution in [1.29, 1.82) is 0 Å². The Morgan fingerprint density at radius 1 is 0.955 bits per heavy atom. The second-order valence-corrected chi connectivity index (χ2v) is 10.8. The second kappa shape index (κ2) is 20.9. The first-order valence-corrected chi connectivity index (χ1v) is 15.9. The number of phenols is 1. The highest BCUT2D eigenvalue weighted by atomic mass is 16.5. The van der Waals surface area contributed by atoms with E-state index >= 15 is 0 Å². The molecule has 2 unspecified atom stereocenters. The van der Waals surface area contributed by atoms with E-state index in [9.17, 15) is 24.6 Å². The summed E-state index contributed by atoms with van der Waals surface area (Å²) >= 11 is 0. The molecule has 44 heavy (non-hydrogen) atoms. The predicted molar refractivity (Wildman–Crippen MR) is 177 cm³/mol. The zero-order chi connectivity index (χ0) is 32.2. The fourth-order valence-corrected chi connectivity index (χ4v) is 4.88. The van der Waals surface area contributed by atoms with Gasteiger partial charge in [-0.25, -0.2) is 4.79 Å². The van der Waals surface area contributed by atoms with Crippen LogP contribution in [0.3, 0.4) is 0 Å². The van der Waals surface area contributed by atoms with Crippen LogP contribution in [-0.2, 0) is 14.3 Å². The van der Waals surface area contributed by atoms with E-state index in [4.69, 9.17) is 4.74 Å². The lowest BCUT2D eigenvalue weighted by Gasteiger charge is -2.22. The van der Waals surface area contributed by atoms with Crippen molar-refractivity contribution in [1.82, 2.24) is 5.32 Å². The van der Waals surface area contributed by atoms with Crippen LogP contribution < -0.4 is 10.2 Å². The van der Waals surface area contributed by atoms with Crippen LogP contribution in [0.25, 0.3) is 0 Å². The molecule has 1 aromatic carbocycles. The van der Waals surface area contributed by atoms with E-state index in [1.807, 2.05) is 13.8 Å². The summed E-state index contributed by atoms with van der Waals surface area (Å²) in [6.45, 7) is 6.31. The highest BCUT2D eigenvalue weighted by Crippen LogP contribution is 2.30. The van der Waals surface area contributed by atoms with Crippen molar-refractivity contribution in [2.75, 3.05) is 11.5 Å². The summed E-state index contributed by atoms with van der Waals surface area (Å²) in [5, 5.41) is 21.9. The van der Waals surface area contributed by atoms with Crippen LogP contribution in [-0.4, -0.2) is 52.8 Å². The maximum absolute atomic E-state index is 13.1. The zero-order valence-corrected chi connectivity index (χ0v) is 26.5. The number of nitrogens with zero attached hydrogens (tertiary/aromatic N) is 1. The number of hydrogen-bond donors (Lipinski definition) is 3. The molecular formula is C36H50N2O6. The normalized spacial score (nSPS) is 18.2. The molecule has 1 aliphatic heterocycles. The quantitative estimate of drug-likeness (QED) is 0.105. The van der Waals surface area contributed by atoms with E-state index < -0.39 is 18.1 Å². The molecule has 0 radical (unpaired) electrons. The third kappa shape index (κ3) is 12.8. The first-order chi connectivity index (χ1) is 21.3. The summed E-state index contributed by atoms with van der Waals surface area (Å²) < 4.78 is 5.84. The number of allylic oxidation sites excluding steroid dienone is 10. The molecule has 8 nitrogen and oxygen atoms in total. The lowest BCUT2D eigenvalue weighted by atomic mass is 10.1. The predicted octanol–water partition coefficient (Wildman–Crippen LogP) is 7.42. The summed E-state index contributed by atoms with van der Waals surface area (Å²) in [5.41, 5.74) is 0.0843. The molecule has 0 aliphatic carbocycles. The summed E-state index contributed by atoms with van der Waals surface area (Å²) in [5.74, 6) is -2.30. The number of amides is 2. The van der Waals surface area contributed by atoms with Crippen molar-refractivity contribution in [2.24, 2.45) is 0 Å². The Balaban J connectivity index is 1.63. The van der Waals surface area contributed by atoms with Gasteiger partial charge in [-0.3, -0.25) is 9.59 Å². The van der Waals surface area contributed by atoms with Crippen LogP contribution in [0.2, 0.25) is 0 Å². The zero-order valence-electron chi connectivity index (χ0n) is 26.5. The Hall–Kier alpha value is -3.91. The van der Waals surface area contributed by atoms with Crippen molar-refractivity contribution in [2.45, 2.75) is 103 Å². The number of carboxylic acids is 1. The Morgan fingerprint density at radius 3 is 2.11 bits per heavy atom. The van der Waals surface area contributed by atoms with Gasteiger partial charge in [0.25, 0.3) is 0 Å². The highest BCUT2D eigenvalue weighted by Gasteiger charge is 2.40. The molecule has 0 bridgehead atoms. The number of aromatic carboxylic acids is 1. The minimum atomic E-state index is -1.28. The van der Waals surface area contributed by atoms with Gasteiger partial charge in [-0.15, -0.1) is 0 Å². The van der Waals surface area contributed by atoms with Crippen LogP contribution in [0.15, 0.2) is 79.0 Å². The summed E-state index contributed by atoms with van der Waals surface area (Å²) in [6.07, 6.45) is 29.7. The minimum Gasteiger partial charge on any atom is -0.507 e. The van der Waals surface area contributed by atoms with Gasteiger partial charge in [0.05, 0.1) is 0 Å². The molecule has 0 spiro atoms. The maximum Gasteiger partial charge on any atom is 0.339 e. The third-order valence-corrected chi connectivity index (χ3v) is 7.26. The van der Waals surface area contributed by atoms with Gasteiger partial charge >= 0.3 is 5.97 Å². The van der Waals surface area contributed by atoms with Crippen molar-refractivity contribution in [3.63, 3.8) is 0 Å². The Bertz CT molecular complexity index is 1200. The molecule has 2 amide bonds. The molecule has 1 aliphatic rings. The third-order valence-electron chi connectivity index (χ3n) is 7.26. The summed E-state index contributed by atoms with van der Waals surface area (Å²) in [6, 6.07) is 3.04. The van der Waals surface area contributed by atoms with Crippen molar-refractivity contribution in [3.8, 4) is 5.75 Å². The lowest BCUT2D eigenvalue weighted by Crippen LogP contribution is -2.46. The number of unbranched alkanes of at least 4 members (excludes halogenated alkanes) is 2. The maximum atomic E-state index is 13.1. The second-order valence-electron chi connectivity index (χ2n) is 10.8. The van der Waals surface area contributed by atoms with Gasteiger partial charge in [0.2, 0.25) is 11.8 Å². The topological polar surface area (TPSA) is 116 Å². The molecule has 3 atom stereocenters. The van der Waals surface area contributed by atoms with E-state index in [1.54, 1.807) is 0 Å². The molecule has 1 fully saturated rings. The van der Waals surface area contributed by atoms with Crippen LogP contribution in [0.4, 0.5) is 5.69 Å². The SMILES string of the molecule is CC/C=C\C/C=C\C/C=C\C/C=C\C/C=C\CCCCO[C@H](CC)C(=O)NC1CC(C)N(c2ccc(O)c(C(=O)O)c2)C1=O. The number of carbonyl (C=O) groups is 3. The number of ether oxygens (including phenoxy) is 1. The number of nitrogens with one attached hydrogen (secondary N) is 1. The Labute approximate surface area is 262 Å². The number of carboxylic acid groups (broad SMARTS) is 1. The number of aromatic hydroxyl groups is 1. The number of carbonyl (C=O) groups excluding carboxylic acids is 2. The van der Waals surface area contributed by atoms with Gasteiger partial charge in [0.15, 0.2) is 0 Å². The van der Waals surface area contributed by atoms with E-state index in [0.29, 0.717) is 25.1 Å². The molecule has 0 saturated carbocycles. The molecule has 0 aromatic heterocycles. The van der Waals surface area contributed by atoms with Crippen molar-refractivity contribution >= 4 is 23.5 Å². The number of benzene rings is 1. The fourth-order valence-electron chi connectivity index (χ4n) is 4.88. The molecular weight excluding hydrogens is 556 g/mol. The number of anilines is 1. The Morgan fingerprint density at radius 2 is 1.55 bits per heavy atom. The smallest absolute Gasteiger partial charge is 0.339 e. The van der Waals surface area contributed by atoms with Gasteiger partial charge in [-0.05, 0) is 89.3 Å². The van der Waals surface area contributed by atoms with Gasteiger partial charge in [-0.1, -0.05) is 74.6 Å². The molecule has 2 rings (SSSR count). The molecule has 1 saturated heterocycles. The monoisotopic (exact) mass is 606 g/mol. The summed E-state index contributed by atoms with van der Waals surface area (Å²) in [7, 11) is 0. The number of rotatable bonds is 20. The average Bonchev–Trinajstić information content (AvgIpc) is 3.28. The van der Waals surface area contributed by atoms with E-state index in [-0.39, 0.29) is 29.2 Å². The van der Waals surface area contributed by atoms with Crippen LogP contribution >= 0.6 is 0 Å². The van der Waals surface area contributed by atoms with Crippen LogP contribution in [0, 0.1) is 0 Å². The standard InChI is InChI=1S/C36H50N2O6/c1-4-6-7-8-9-10-11-12-13-14-15-16-17-18-19-20-21-22-25-44-33(5-2)34(40)37-31-26-28(3)38(35(31)41)29-23-24-32(39)30(27-29)36(42)43/h6-7,9-10,12-13,15-16,18-19,23-24,27-28,31,33,39H,4-5,8,11,14,17,20-22,25-26H2,1-3H3,(H,37,40)(H,42,43)/b7-6-,10-9-,13-12-,16-15-,19-18-/t28?,31?,33-/m1/s1. The minimum absolute atomic E-state index is 0.254. The number of hydrogen-bond acceptors (Lipinski definition) is 5. The Kier molecular flexibility index (Phi) is 17.2. The first-order valence-electron chi connectivity index (χ1n) is 15.9. The van der Waals surface area contributed by atoms with Gasteiger partial charge < -0.3 is 25.2 Å². The van der Waals surface area contributed by atoms with Gasteiger partial charge in [-0.2, -0.15) is 0 Å². The van der Waals surface area contributed by atoms with Gasteiger partial charge in [0.1, 0.15) is 23.5 Å². The molecule has 8 heteroatoms. The van der Waals surface area contributed by atoms with Crippen LogP contribution in [0.5, 0.6) is 5.75 Å². The van der Waals surface area contributed by atoms with Crippen LogP contribution in [0.1, 0.15) is 95.3 Å². The van der Waals surface area contributed by atoms with E-state index in [2.05, 4.69) is 73.0 Å². The van der Waals surface area contributed by atoms with E-state index in [1.165, 1.54) is 23.1 Å². The van der Waals surface area contributed by atoms with Crippen molar-refractivity contribution < 1.29 is 29.3 Å². The summed E-state index contributed by atoms with van der Waals surface area (Å²) in [4.78, 5) is 38.9. The molecule has 3 N–H and O–H groups in total. The first kappa shape index (κ1) is 36.3. The van der Waals surface area contributed by atoms with Gasteiger partial charge in [0, 0.05) is 18.3 Å². The average molecular weight is 607 g/mol. The molecule has 240 valence electrons. The molecule has 1 aromatic rings. The van der Waals surface area contributed by atoms with E-state index in [0.717, 1.165) is 51.4 Å².